The minimum Gasteiger partial charge on any atom is -0.464 e. The standard InChI is InChI=1S/C7H10N2O4/c1-2-12-7(11)6(8)4-3-5(10)9-13-4/h3,6H,2,8H2,1H3,(H,9,10). The molecule has 1 heterocycles. The molecule has 1 aromatic heterocycles. The number of nitrogens with two attached hydrogens (primary N) is 1. The third kappa shape index (κ3) is 2.19. The largest absolute Gasteiger partial charge is 0.464 e. The fourth-order valence-corrected chi connectivity index (χ4v) is 0.799. The number of aromatic amines is 1. The Bertz CT molecular complexity index is 340. The predicted molar refractivity (Wildman–Crippen MR) is 42.9 cm³/mol. The van der Waals surface area contributed by atoms with Gasteiger partial charge < -0.3 is 15.0 Å². The van der Waals surface area contributed by atoms with Crippen LogP contribution >= 0.6 is 0 Å². The first-order valence-electron chi connectivity index (χ1n) is 3.75. The zero-order chi connectivity index (χ0) is 9.84. The zero-order valence-corrected chi connectivity index (χ0v) is 7.07. The van der Waals surface area contributed by atoms with Gasteiger partial charge in [0, 0.05) is 6.07 Å². The van der Waals surface area contributed by atoms with Gasteiger partial charge in [-0.15, -0.1) is 0 Å². The van der Waals surface area contributed by atoms with Gasteiger partial charge in [0.2, 0.25) is 0 Å². The predicted octanol–water partition coefficient (Wildman–Crippen LogP) is -0.469. The molecule has 6 heteroatoms. The van der Waals surface area contributed by atoms with Crippen LogP contribution in [-0.2, 0) is 9.53 Å². The molecular formula is C7H10N2O4. The Labute approximate surface area is 73.6 Å². The number of H-pyrrole nitrogens is 1. The van der Waals surface area contributed by atoms with Crippen molar-refractivity contribution in [2.75, 3.05) is 6.61 Å². The maximum absolute atomic E-state index is 11.0. The molecule has 3 N–H and O–H groups in total. The first-order valence-corrected chi connectivity index (χ1v) is 3.75. The van der Waals surface area contributed by atoms with Crippen LogP contribution in [-0.4, -0.2) is 17.7 Å². The summed E-state index contributed by atoms with van der Waals surface area (Å²) in [4.78, 5) is 21.6. The molecule has 1 atom stereocenters. The van der Waals surface area contributed by atoms with Crippen LogP contribution < -0.4 is 11.3 Å². The van der Waals surface area contributed by atoms with Crippen molar-refractivity contribution in [1.82, 2.24) is 5.16 Å². The van der Waals surface area contributed by atoms with E-state index in [2.05, 4.69) is 9.26 Å². The van der Waals surface area contributed by atoms with Gasteiger partial charge in [-0.05, 0) is 6.92 Å². The third-order valence-electron chi connectivity index (χ3n) is 1.39. The lowest BCUT2D eigenvalue weighted by Gasteiger charge is -2.05. The molecule has 1 aromatic rings. The van der Waals surface area contributed by atoms with Crippen LogP contribution in [0.1, 0.15) is 18.7 Å². The molecule has 1 unspecified atom stereocenters. The molecule has 6 nitrogen and oxygen atoms in total. The molecule has 0 saturated heterocycles. The quantitative estimate of drug-likeness (QED) is 0.622. The van der Waals surface area contributed by atoms with E-state index < -0.39 is 17.6 Å². The molecule has 0 fully saturated rings. The Kier molecular flexibility index (Phi) is 2.86. The second kappa shape index (κ2) is 3.90. The molecule has 0 aliphatic rings. The zero-order valence-electron chi connectivity index (χ0n) is 7.07. The van der Waals surface area contributed by atoms with E-state index in [0.29, 0.717) is 0 Å². The highest BCUT2D eigenvalue weighted by molar-refractivity contribution is 5.76. The summed E-state index contributed by atoms with van der Waals surface area (Å²) in [5, 5.41) is 2.03. The number of ether oxygens (including phenoxy) is 1. The highest BCUT2D eigenvalue weighted by Crippen LogP contribution is 2.07. The van der Waals surface area contributed by atoms with Crippen molar-refractivity contribution in [3.05, 3.63) is 22.2 Å². The number of carbonyl (C=O) groups excluding carboxylic acids is 1. The smallest absolute Gasteiger partial charge is 0.330 e. The fourth-order valence-electron chi connectivity index (χ4n) is 0.799. The van der Waals surface area contributed by atoms with E-state index >= 15 is 0 Å². The molecule has 0 aliphatic heterocycles. The van der Waals surface area contributed by atoms with E-state index in [9.17, 15) is 9.59 Å². The number of nitrogens with one attached hydrogen (secondary N) is 1. The van der Waals surface area contributed by atoms with Crippen LogP contribution in [0.3, 0.4) is 0 Å². The molecule has 0 spiro atoms. The SMILES string of the molecule is CCOC(=O)C(N)c1cc(=O)[nH]o1. The van der Waals surface area contributed by atoms with Gasteiger partial charge in [-0.25, -0.2) is 4.79 Å². The van der Waals surface area contributed by atoms with Gasteiger partial charge in [0.05, 0.1) is 6.61 Å². The van der Waals surface area contributed by atoms with Crippen molar-refractivity contribution < 1.29 is 14.1 Å². The van der Waals surface area contributed by atoms with Crippen molar-refractivity contribution in [3.8, 4) is 0 Å². The normalized spacial score (nSPS) is 12.5. The molecule has 0 aromatic carbocycles. The summed E-state index contributed by atoms with van der Waals surface area (Å²) in [5.41, 5.74) is 4.98. The summed E-state index contributed by atoms with van der Waals surface area (Å²) in [6, 6.07) is 0.0700. The number of hydrogen-bond acceptors (Lipinski definition) is 5. The first kappa shape index (κ1) is 9.53. The summed E-state index contributed by atoms with van der Waals surface area (Å²) in [5.74, 6) is -0.547. The molecule has 1 rings (SSSR count). The fraction of sp³-hybridized carbons (Fsp3) is 0.429. The van der Waals surface area contributed by atoms with Crippen molar-refractivity contribution in [2.45, 2.75) is 13.0 Å². The van der Waals surface area contributed by atoms with E-state index in [1.165, 1.54) is 0 Å². The van der Waals surface area contributed by atoms with E-state index in [1.807, 2.05) is 5.16 Å². The average Bonchev–Trinajstić information content (AvgIpc) is 2.51. The number of hydrogen-bond donors (Lipinski definition) is 2. The van der Waals surface area contributed by atoms with Gasteiger partial charge >= 0.3 is 5.97 Å². The maximum Gasteiger partial charge on any atom is 0.330 e. The highest BCUT2D eigenvalue weighted by Gasteiger charge is 2.20. The Morgan fingerprint density at radius 1 is 1.85 bits per heavy atom. The Hall–Kier alpha value is -1.56. The maximum atomic E-state index is 11.0. The second-order valence-electron chi connectivity index (χ2n) is 2.34. The van der Waals surface area contributed by atoms with Crippen LogP contribution in [0.5, 0.6) is 0 Å². The first-order chi connectivity index (χ1) is 6.15. The van der Waals surface area contributed by atoms with Crippen LogP contribution in [0, 0.1) is 0 Å². The molecule has 72 valence electrons. The third-order valence-corrected chi connectivity index (χ3v) is 1.39. The topological polar surface area (TPSA) is 98.3 Å². The number of rotatable bonds is 3. The van der Waals surface area contributed by atoms with Crippen LogP contribution in [0.25, 0.3) is 0 Å². The molecule has 0 amide bonds. The lowest BCUT2D eigenvalue weighted by atomic mass is 10.2. The molecule has 13 heavy (non-hydrogen) atoms. The van der Waals surface area contributed by atoms with Gasteiger partial charge in [0.15, 0.2) is 11.8 Å². The number of aromatic nitrogens is 1. The molecule has 0 saturated carbocycles. The Morgan fingerprint density at radius 3 is 3.00 bits per heavy atom. The molecule has 0 aliphatic carbocycles. The van der Waals surface area contributed by atoms with Crippen molar-refractivity contribution >= 4 is 5.97 Å². The Morgan fingerprint density at radius 2 is 2.54 bits per heavy atom. The van der Waals surface area contributed by atoms with Gasteiger partial charge in [0.25, 0.3) is 5.56 Å². The van der Waals surface area contributed by atoms with Crippen LogP contribution in [0.15, 0.2) is 15.4 Å². The number of esters is 1. The summed E-state index contributed by atoms with van der Waals surface area (Å²) < 4.78 is 9.26. The monoisotopic (exact) mass is 186 g/mol. The number of carbonyl (C=O) groups is 1. The van der Waals surface area contributed by atoms with E-state index in [0.717, 1.165) is 6.07 Å². The van der Waals surface area contributed by atoms with E-state index in [1.54, 1.807) is 6.92 Å². The van der Waals surface area contributed by atoms with Crippen LogP contribution in [0.4, 0.5) is 0 Å². The summed E-state index contributed by atoms with van der Waals surface area (Å²) >= 11 is 0. The summed E-state index contributed by atoms with van der Waals surface area (Å²) in [7, 11) is 0. The molecule has 0 radical (unpaired) electrons. The second-order valence-corrected chi connectivity index (χ2v) is 2.34. The van der Waals surface area contributed by atoms with E-state index in [-0.39, 0.29) is 12.4 Å². The van der Waals surface area contributed by atoms with Crippen molar-refractivity contribution in [1.29, 1.82) is 0 Å². The van der Waals surface area contributed by atoms with Gasteiger partial charge in [0.1, 0.15) is 0 Å². The summed E-state index contributed by atoms with van der Waals surface area (Å²) in [6.07, 6.45) is 0. The minimum absolute atomic E-state index is 0.0726. The minimum atomic E-state index is -1.04. The molecular weight excluding hydrogens is 176 g/mol. The Balaban J connectivity index is 2.73. The lowest BCUT2D eigenvalue weighted by Crippen LogP contribution is -2.23. The van der Waals surface area contributed by atoms with Crippen molar-refractivity contribution in [2.24, 2.45) is 5.73 Å². The highest BCUT2D eigenvalue weighted by atomic mass is 16.5. The van der Waals surface area contributed by atoms with Gasteiger partial charge in [-0.3, -0.25) is 4.79 Å². The van der Waals surface area contributed by atoms with Crippen molar-refractivity contribution in [3.63, 3.8) is 0 Å². The lowest BCUT2D eigenvalue weighted by molar-refractivity contribution is -0.145. The summed E-state index contributed by atoms with van der Waals surface area (Å²) in [6.45, 7) is 1.90. The van der Waals surface area contributed by atoms with Crippen LogP contribution in [0.2, 0.25) is 0 Å². The average molecular weight is 186 g/mol. The molecule has 0 bridgehead atoms. The van der Waals surface area contributed by atoms with Gasteiger partial charge in [-0.1, -0.05) is 0 Å². The van der Waals surface area contributed by atoms with Gasteiger partial charge in [-0.2, -0.15) is 5.16 Å². The van der Waals surface area contributed by atoms with E-state index in [4.69, 9.17) is 5.73 Å².